The lowest BCUT2D eigenvalue weighted by atomic mass is 10.1. The molecule has 1 aromatic rings. The Hall–Kier alpha value is -1.37. The Labute approximate surface area is 89.8 Å². The minimum absolute atomic E-state index is 0.0889. The molecule has 0 aliphatic carbocycles. The molecule has 0 saturated carbocycles. The molecule has 0 heterocycles. The highest BCUT2D eigenvalue weighted by Crippen LogP contribution is 2.31. The van der Waals surface area contributed by atoms with Crippen LogP contribution in [0.25, 0.3) is 0 Å². The number of halogens is 3. The van der Waals surface area contributed by atoms with Gasteiger partial charge in [-0.15, -0.1) is 0 Å². The zero-order chi connectivity index (χ0) is 12.6. The number of rotatable bonds is 2. The Morgan fingerprint density at radius 2 is 1.81 bits per heavy atom. The first-order chi connectivity index (χ1) is 7.16. The minimum Gasteiger partial charge on any atom is -0.298 e. The van der Waals surface area contributed by atoms with E-state index in [1.165, 1.54) is 0 Å². The van der Waals surface area contributed by atoms with Crippen molar-refractivity contribution in [3.05, 3.63) is 29.3 Å². The van der Waals surface area contributed by atoms with Gasteiger partial charge in [0.05, 0.1) is 10.5 Å². The maximum Gasteiger partial charge on any atom is 0.416 e. The number of benzene rings is 1. The van der Waals surface area contributed by atoms with Crippen molar-refractivity contribution in [2.45, 2.75) is 11.1 Å². The molecular weight excluding hydrogens is 245 g/mol. The van der Waals surface area contributed by atoms with Crippen molar-refractivity contribution in [2.75, 3.05) is 6.26 Å². The van der Waals surface area contributed by atoms with Gasteiger partial charge in [0, 0.05) is 11.8 Å². The number of alkyl halides is 3. The van der Waals surface area contributed by atoms with Gasteiger partial charge in [0.25, 0.3) is 0 Å². The summed E-state index contributed by atoms with van der Waals surface area (Å²) in [5, 5.41) is 0. The molecule has 3 nitrogen and oxygen atoms in total. The molecule has 0 saturated heterocycles. The molecule has 0 spiro atoms. The van der Waals surface area contributed by atoms with E-state index in [4.69, 9.17) is 0 Å². The molecule has 1 rings (SSSR count). The Balaban J connectivity index is 3.46. The summed E-state index contributed by atoms with van der Waals surface area (Å²) in [6.07, 6.45) is -3.69. The highest BCUT2D eigenvalue weighted by molar-refractivity contribution is 7.90. The lowest BCUT2D eigenvalue weighted by Crippen LogP contribution is -2.08. The SMILES string of the molecule is CS(=O)(=O)c1ccc(C(F)(F)F)cc1C=O. The predicted molar refractivity (Wildman–Crippen MR) is 49.9 cm³/mol. The maximum absolute atomic E-state index is 12.3. The number of sulfone groups is 1. The van der Waals surface area contributed by atoms with Crippen molar-refractivity contribution < 1.29 is 26.4 Å². The van der Waals surface area contributed by atoms with Crippen LogP contribution in [0.3, 0.4) is 0 Å². The van der Waals surface area contributed by atoms with Gasteiger partial charge in [0.1, 0.15) is 0 Å². The van der Waals surface area contributed by atoms with E-state index < -0.39 is 32.0 Å². The Bertz CT molecular complexity index is 517. The number of hydrogen-bond donors (Lipinski definition) is 0. The standard InChI is InChI=1S/C9H7F3O3S/c1-16(14,15)8-3-2-7(9(10,11)12)4-6(8)5-13/h2-5H,1H3. The summed E-state index contributed by atoms with van der Waals surface area (Å²) in [5.74, 6) is 0. The van der Waals surface area contributed by atoms with Crippen LogP contribution in [0.15, 0.2) is 23.1 Å². The van der Waals surface area contributed by atoms with Crippen molar-refractivity contribution in [1.82, 2.24) is 0 Å². The molecule has 16 heavy (non-hydrogen) atoms. The lowest BCUT2D eigenvalue weighted by Gasteiger charge is -2.09. The first kappa shape index (κ1) is 12.7. The van der Waals surface area contributed by atoms with Crippen LogP contribution in [0.2, 0.25) is 0 Å². The molecule has 0 radical (unpaired) electrons. The van der Waals surface area contributed by atoms with Crippen LogP contribution in [-0.2, 0) is 16.0 Å². The summed E-state index contributed by atoms with van der Waals surface area (Å²) in [6.45, 7) is 0. The van der Waals surface area contributed by atoms with Gasteiger partial charge in [-0.05, 0) is 18.2 Å². The lowest BCUT2D eigenvalue weighted by molar-refractivity contribution is -0.137. The van der Waals surface area contributed by atoms with Crippen molar-refractivity contribution in [3.8, 4) is 0 Å². The molecule has 1 aromatic carbocycles. The average Bonchev–Trinajstić information content (AvgIpc) is 2.14. The Morgan fingerprint density at radius 1 is 1.25 bits per heavy atom. The fraction of sp³-hybridized carbons (Fsp3) is 0.222. The average molecular weight is 252 g/mol. The molecular formula is C9H7F3O3S. The first-order valence-electron chi connectivity index (χ1n) is 4.03. The van der Waals surface area contributed by atoms with Crippen LogP contribution in [0, 0.1) is 0 Å². The summed E-state index contributed by atoms with van der Waals surface area (Å²) < 4.78 is 59.1. The van der Waals surface area contributed by atoms with Gasteiger partial charge in [-0.2, -0.15) is 13.2 Å². The quantitative estimate of drug-likeness (QED) is 0.755. The molecule has 0 aromatic heterocycles. The van der Waals surface area contributed by atoms with Crippen LogP contribution in [0.1, 0.15) is 15.9 Å². The third-order valence-corrected chi connectivity index (χ3v) is 3.03. The van der Waals surface area contributed by atoms with E-state index in [9.17, 15) is 26.4 Å². The molecule has 0 amide bonds. The van der Waals surface area contributed by atoms with E-state index >= 15 is 0 Å². The van der Waals surface area contributed by atoms with Gasteiger partial charge in [0.2, 0.25) is 0 Å². The largest absolute Gasteiger partial charge is 0.416 e. The molecule has 0 N–H and O–H groups in total. The zero-order valence-corrected chi connectivity index (χ0v) is 8.89. The highest BCUT2D eigenvalue weighted by atomic mass is 32.2. The predicted octanol–water partition coefficient (Wildman–Crippen LogP) is 1.92. The molecule has 0 fully saturated rings. The number of aldehydes is 1. The molecule has 0 aliphatic rings. The van der Waals surface area contributed by atoms with Gasteiger partial charge in [-0.3, -0.25) is 4.79 Å². The van der Waals surface area contributed by atoms with Gasteiger partial charge in [0.15, 0.2) is 16.1 Å². The van der Waals surface area contributed by atoms with E-state index in [0.717, 1.165) is 12.3 Å². The molecule has 0 bridgehead atoms. The minimum atomic E-state index is -4.60. The second-order valence-electron chi connectivity index (χ2n) is 3.14. The van der Waals surface area contributed by atoms with Crippen LogP contribution in [0.4, 0.5) is 13.2 Å². The van der Waals surface area contributed by atoms with E-state index in [1.54, 1.807) is 0 Å². The van der Waals surface area contributed by atoms with Crippen molar-refractivity contribution in [1.29, 1.82) is 0 Å². The monoisotopic (exact) mass is 252 g/mol. The summed E-state index contributed by atoms with van der Waals surface area (Å²) in [5.41, 5.74) is -1.54. The summed E-state index contributed by atoms with van der Waals surface area (Å²) in [4.78, 5) is 10.1. The second-order valence-corrected chi connectivity index (χ2v) is 5.12. The molecule has 88 valence electrons. The van der Waals surface area contributed by atoms with Crippen molar-refractivity contribution in [3.63, 3.8) is 0 Å². The fourth-order valence-electron chi connectivity index (χ4n) is 1.15. The second kappa shape index (κ2) is 3.89. The van der Waals surface area contributed by atoms with Gasteiger partial charge >= 0.3 is 6.18 Å². The number of carbonyl (C=O) groups excluding carboxylic acids is 1. The van der Waals surface area contributed by atoms with Crippen LogP contribution >= 0.6 is 0 Å². The van der Waals surface area contributed by atoms with Gasteiger partial charge < -0.3 is 0 Å². The normalized spacial score (nSPS) is 12.5. The molecule has 0 aliphatic heterocycles. The molecule has 0 unspecified atom stereocenters. The smallest absolute Gasteiger partial charge is 0.298 e. The van der Waals surface area contributed by atoms with Crippen LogP contribution in [-0.4, -0.2) is 21.0 Å². The third kappa shape index (κ3) is 2.60. The zero-order valence-electron chi connectivity index (χ0n) is 8.08. The van der Waals surface area contributed by atoms with E-state index in [-0.39, 0.29) is 6.29 Å². The summed E-state index contributed by atoms with van der Waals surface area (Å²) in [7, 11) is -3.71. The molecule has 7 heteroatoms. The summed E-state index contributed by atoms with van der Waals surface area (Å²) in [6, 6.07) is 1.93. The topological polar surface area (TPSA) is 51.2 Å². The van der Waals surface area contributed by atoms with Crippen LogP contribution in [0.5, 0.6) is 0 Å². The van der Waals surface area contributed by atoms with E-state index in [2.05, 4.69) is 0 Å². The summed E-state index contributed by atoms with van der Waals surface area (Å²) >= 11 is 0. The number of hydrogen-bond acceptors (Lipinski definition) is 3. The fourth-order valence-corrected chi connectivity index (χ4v) is 2.00. The van der Waals surface area contributed by atoms with Gasteiger partial charge in [-0.1, -0.05) is 0 Å². The van der Waals surface area contributed by atoms with E-state index in [0.29, 0.717) is 12.1 Å². The van der Waals surface area contributed by atoms with Crippen LogP contribution < -0.4 is 0 Å². The maximum atomic E-state index is 12.3. The third-order valence-electron chi connectivity index (χ3n) is 1.86. The Kier molecular flexibility index (Phi) is 3.09. The Morgan fingerprint density at radius 3 is 2.19 bits per heavy atom. The van der Waals surface area contributed by atoms with Gasteiger partial charge in [-0.25, -0.2) is 8.42 Å². The molecule has 0 atom stereocenters. The first-order valence-corrected chi connectivity index (χ1v) is 5.92. The van der Waals surface area contributed by atoms with Crippen molar-refractivity contribution in [2.24, 2.45) is 0 Å². The number of carbonyl (C=O) groups is 1. The van der Waals surface area contributed by atoms with E-state index in [1.807, 2.05) is 0 Å². The van der Waals surface area contributed by atoms with Crippen molar-refractivity contribution >= 4 is 16.1 Å². The highest BCUT2D eigenvalue weighted by Gasteiger charge is 2.31.